The van der Waals surface area contributed by atoms with Gasteiger partial charge in [0.15, 0.2) is 5.65 Å². The number of anilines is 2. The fourth-order valence-electron chi connectivity index (χ4n) is 6.55. The zero-order chi connectivity index (χ0) is 31.6. The largest absolute Gasteiger partial charge is 0.415 e. The maximum absolute atomic E-state index is 12.8. The van der Waals surface area contributed by atoms with Gasteiger partial charge in [-0.2, -0.15) is 9.97 Å². The Labute approximate surface area is 263 Å². The van der Waals surface area contributed by atoms with Gasteiger partial charge >= 0.3 is 6.09 Å². The minimum absolute atomic E-state index is 0.0723. The topological polar surface area (TPSA) is 128 Å². The molecule has 0 radical (unpaired) electrons. The van der Waals surface area contributed by atoms with Crippen molar-refractivity contribution in [1.29, 1.82) is 0 Å². The minimum atomic E-state index is -0.308. The van der Waals surface area contributed by atoms with Crippen LogP contribution in [0.25, 0.3) is 11.0 Å². The number of pyridine rings is 1. The number of amides is 1. The van der Waals surface area contributed by atoms with Gasteiger partial charge in [0.2, 0.25) is 5.95 Å². The number of carbonyl (C=O) groups is 1. The fraction of sp³-hybridized carbons (Fsp3) is 0.412. The van der Waals surface area contributed by atoms with Gasteiger partial charge in [0.25, 0.3) is 5.56 Å². The van der Waals surface area contributed by atoms with Gasteiger partial charge in [-0.3, -0.25) is 14.3 Å². The average Bonchev–Trinajstić information content (AvgIpc) is 3.05. The highest BCUT2D eigenvalue weighted by molar-refractivity contribution is 5.86. The van der Waals surface area contributed by atoms with E-state index in [-0.39, 0.29) is 29.3 Å². The van der Waals surface area contributed by atoms with Crippen LogP contribution in [0.4, 0.5) is 16.6 Å². The minimum Gasteiger partial charge on any atom is -0.410 e. The molecular weight excluding hydrogens is 570 g/mol. The molecule has 1 amide bonds. The molecule has 236 valence electrons. The molecule has 0 spiro atoms. The van der Waals surface area contributed by atoms with Gasteiger partial charge in [-0.25, -0.2) is 4.79 Å². The van der Waals surface area contributed by atoms with Crippen LogP contribution in [0, 0.1) is 0 Å². The molecule has 2 saturated heterocycles. The number of ether oxygens (including phenoxy) is 2. The molecule has 2 aliphatic rings. The van der Waals surface area contributed by atoms with Crippen LogP contribution in [0.2, 0.25) is 0 Å². The van der Waals surface area contributed by atoms with Crippen LogP contribution in [0.15, 0.2) is 71.5 Å². The number of piperazine rings is 1. The summed E-state index contributed by atoms with van der Waals surface area (Å²) in [4.78, 5) is 38.8. The molecule has 11 heteroatoms. The first-order valence-electron chi connectivity index (χ1n) is 15.7. The van der Waals surface area contributed by atoms with E-state index in [1.165, 1.54) is 11.6 Å². The second-order valence-electron chi connectivity index (χ2n) is 12.1. The van der Waals surface area contributed by atoms with Crippen molar-refractivity contribution in [2.24, 2.45) is 0 Å². The van der Waals surface area contributed by atoms with Gasteiger partial charge in [-0.05, 0) is 62.9 Å². The number of nitrogens with one attached hydrogen (secondary N) is 1. The number of benzene rings is 2. The summed E-state index contributed by atoms with van der Waals surface area (Å²) < 4.78 is 13.0. The highest BCUT2D eigenvalue weighted by Crippen LogP contribution is 2.39. The lowest BCUT2D eigenvalue weighted by Crippen LogP contribution is -2.58. The Morgan fingerprint density at radius 2 is 1.62 bits per heavy atom. The van der Waals surface area contributed by atoms with Gasteiger partial charge in [0.1, 0.15) is 11.6 Å². The summed E-state index contributed by atoms with van der Waals surface area (Å²) in [5.41, 5.74) is 8.83. The van der Waals surface area contributed by atoms with Gasteiger partial charge in [-0.15, -0.1) is 0 Å². The maximum Gasteiger partial charge on any atom is 0.415 e. The van der Waals surface area contributed by atoms with E-state index in [2.05, 4.69) is 46.4 Å². The third-order valence-electron chi connectivity index (χ3n) is 9.03. The molecule has 4 heterocycles. The van der Waals surface area contributed by atoms with Gasteiger partial charge in [-0.1, -0.05) is 42.5 Å². The van der Waals surface area contributed by atoms with E-state index < -0.39 is 0 Å². The van der Waals surface area contributed by atoms with E-state index in [0.29, 0.717) is 54.9 Å². The highest BCUT2D eigenvalue weighted by Gasteiger charge is 2.42. The third kappa shape index (κ3) is 6.23. The van der Waals surface area contributed by atoms with E-state index in [0.717, 1.165) is 31.5 Å². The number of nitrogens with zero attached hydrogens (tertiary/aromatic N) is 5. The molecule has 2 aromatic heterocycles. The Morgan fingerprint density at radius 1 is 0.933 bits per heavy atom. The molecular formula is C34H41N7O4. The van der Waals surface area contributed by atoms with Crippen molar-refractivity contribution in [3.05, 3.63) is 88.2 Å². The number of carbonyl (C=O) groups excluding carboxylic acids is 1. The van der Waals surface area contributed by atoms with Crippen LogP contribution in [0.3, 0.4) is 0 Å². The number of para-hydroxylation sites is 1. The van der Waals surface area contributed by atoms with E-state index in [4.69, 9.17) is 20.2 Å². The van der Waals surface area contributed by atoms with Crippen LogP contribution in [0.1, 0.15) is 56.8 Å². The monoisotopic (exact) mass is 611 g/mol. The number of hydrogen-bond acceptors (Lipinski definition) is 9. The molecule has 2 aromatic carbocycles. The Kier molecular flexibility index (Phi) is 8.73. The summed E-state index contributed by atoms with van der Waals surface area (Å²) in [6.07, 6.45) is 1.46. The zero-order valence-electron chi connectivity index (χ0n) is 26.1. The SMILES string of the molecule is CC(C)n1c(=O)ccc2c(N)nc(N[C@@H](C)c3ccc(C4(N5CCN(C(=O)Oc6ccccc6)CC5)CCOCC4)cc3)nc21. The van der Waals surface area contributed by atoms with E-state index >= 15 is 0 Å². The summed E-state index contributed by atoms with van der Waals surface area (Å²) in [6.45, 7) is 10.0. The summed E-state index contributed by atoms with van der Waals surface area (Å²) in [6, 6.07) is 20.9. The van der Waals surface area contributed by atoms with Gasteiger partial charge < -0.3 is 25.4 Å². The van der Waals surface area contributed by atoms with Crippen LogP contribution in [-0.2, 0) is 10.3 Å². The van der Waals surface area contributed by atoms with Crippen LogP contribution in [0.5, 0.6) is 5.75 Å². The summed E-state index contributed by atoms with van der Waals surface area (Å²) in [5, 5.41) is 4.04. The molecule has 45 heavy (non-hydrogen) atoms. The lowest BCUT2D eigenvalue weighted by molar-refractivity contribution is -0.0483. The zero-order valence-corrected chi connectivity index (χ0v) is 26.1. The Bertz CT molecular complexity index is 1690. The summed E-state index contributed by atoms with van der Waals surface area (Å²) in [5.74, 6) is 1.26. The number of nitrogen functional groups attached to an aromatic ring is 1. The predicted molar refractivity (Wildman–Crippen MR) is 174 cm³/mol. The maximum atomic E-state index is 12.8. The molecule has 0 bridgehead atoms. The molecule has 2 aliphatic heterocycles. The van der Waals surface area contributed by atoms with E-state index in [9.17, 15) is 9.59 Å². The van der Waals surface area contributed by atoms with Crippen LogP contribution >= 0.6 is 0 Å². The molecule has 2 fully saturated rings. The Balaban J connectivity index is 1.17. The third-order valence-corrected chi connectivity index (χ3v) is 9.03. The molecule has 11 nitrogen and oxygen atoms in total. The molecule has 0 aliphatic carbocycles. The molecule has 0 unspecified atom stereocenters. The van der Waals surface area contributed by atoms with Crippen LogP contribution < -0.4 is 21.3 Å². The standard InChI is InChI=1S/C34H41N7O4/c1-23(2)41-29(42)14-13-28-30(35)37-32(38-31(28)41)36-24(3)25-9-11-26(12-10-25)34(15-21-44-22-16-34)40-19-17-39(18-20-40)33(43)45-27-7-5-4-6-8-27/h4-14,23-24H,15-22H2,1-3H3,(H3,35,36,37,38)/t24-/m0/s1. The van der Waals surface area contributed by atoms with Crippen molar-refractivity contribution in [2.45, 2.75) is 51.2 Å². The summed E-state index contributed by atoms with van der Waals surface area (Å²) in [7, 11) is 0. The first-order valence-corrected chi connectivity index (χ1v) is 15.7. The van der Waals surface area contributed by atoms with E-state index in [1.807, 2.05) is 32.0 Å². The summed E-state index contributed by atoms with van der Waals surface area (Å²) >= 11 is 0. The number of hydrogen-bond donors (Lipinski definition) is 2. The molecule has 4 aromatic rings. The average molecular weight is 612 g/mol. The Morgan fingerprint density at radius 3 is 2.29 bits per heavy atom. The normalized spacial score (nSPS) is 17.7. The van der Waals surface area contributed by atoms with Crippen molar-refractivity contribution < 1.29 is 14.3 Å². The van der Waals surface area contributed by atoms with Gasteiger partial charge in [0.05, 0.1) is 17.0 Å². The lowest BCUT2D eigenvalue weighted by Gasteiger charge is -2.49. The smallest absolute Gasteiger partial charge is 0.410 e. The highest BCUT2D eigenvalue weighted by atomic mass is 16.6. The lowest BCUT2D eigenvalue weighted by atomic mass is 9.80. The van der Waals surface area contributed by atoms with Crippen molar-refractivity contribution in [3.8, 4) is 5.75 Å². The fourth-order valence-corrected chi connectivity index (χ4v) is 6.55. The van der Waals surface area contributed by atoms with Crippen LogP contribution in [-0.4, -0.2) is 69.8 Å². The van der Waals surface area contributed by atoms with Crippen molar-refractivity contribution in [1.82, 2.24) is 24.3 Å². The molecule has 6 rings (SSSR count). The van der Waals surface area contributed by atoms with E-state index in [1.54, 1.807) is 27.7 Å². The quantitative estimate of drug-likeness (QED) is 0.298. The first-order chi connectivity index (χ1) is 21.7. The molecule has 3 N–H and O–H groups in total. The number of fused-ring (bicyclic) bond motifs is 1. The number of aromatic nitrogens is 3. The van der Waals surface area contributed by atoms with Gasteiger partial charge in [0, 0.05) is 51.5 Å². The Hall–Kier alpha value is -4.48. The second kappa shape index (κ2) is 12.9. The van der Waals surface area contributed by atoms with Crippen molar-refractivity contribution >= 4 is 28.9 Å². The first kappa shape index (κ1) is 30.5. The molecule has 0 saturated carbocycles. The molecule has 1 atom stereocenters. The number of rotatable bonds is 7. The van der Waals surface area contributed by atoms with Crippen molar-refractivity contribution in [3.63, 3.8) is 0 Å². The second-order valence-corrected chi connectivity index (χ2v) is 12.1. The van der Waals surface area contributed by atoms with Crippen molar-refractivity contribution in [2.75, 3.05) is 50.4 Å². The number of nitrogens with two attached hydrogens (primary N) is 1. The predicted octanol–water partition coefficient (Wildman–Crippen LogP) is 4.95.